The molecule has 0 saturated carbocycles. The van der Waals surface area contributed by atoms with Gasteiger partial charge in [-0.25, -0.2) is 4.39 Å². The number of amides is 1. The average molecular weight is 437 g/mol. The maximum atomic E-state index is 14.0. The first-order valence-corrected chi connectivity index (χ1v) is 11.1. The first-order chi connectivity index (χ1) is 14.5. The van der Waals surface area contributed by atoms with Gasteiger partial charge in [0, 0.05) is 49.9 Å². The number of H-pyrrole nitrogens is 1. The molecule has 164 valence electrons. The summed E-state index contributed by atoms with van der Waals surface area (Å²) in [5, 5.41) is 6.74. The van der Waals surface area contributed by atoms with Gasteiger partial charge in [-0.05, 0) is 36.5 Å². The molecule has 2 aliphatic carbocycles. The molecule has 0 radical (unpaired) electrons. The number of aromatic amines is 1. The van der Waals surface area contributed by atoms with Crippen LogP contribution in [-0.2, 0) is 28.8 Å². The minimum atomic E-state index is -1.06. The standard InChI is InChI=1S/C22H30ClFN4O2/c1-14(25-4-5-28-6-8-30-9-7-28)13-26-22(29)15-2-3-20-17(10-15)18-11-16(24)12-19(23)21(18)27-20/h12,15-16,25,27H,1-11,13H2,(H,26,29). The number of aryl methyl sites for hydroxylation is 1. The molecular formula is C22H30ClFN4O2. The van der Waals surface area contributed by atoms with Gasteiger partial charge in [0.05, 0.1) is 30.5 Å². The van der Waals surface area contributed by atoms with Crippen LogP contribution in [0.1, 0.15) is 28.9 Å². The van der Waals surface area contributed by atoms with Crippen LogP contribution >= 0.6 is 11.6 Å². The lowest BCUT2D eigenvalue weighted by atomic mass is 9.83. The second kappa shape index (κ2) is 9.54. The van der Waals surface area contributed by atoms with E-state index < -0.39 is 6.17 Å². The lowest BCUT2D eigenvalue weighted by Crippen LogP contribution is -2.41. The Labute approximate surface area is 181 Å². The third-order valence-corrected chi connectivity index (χ3v) is 6.53. The quantitative estimate of drug-likeness (QED) is 0.612. The predicted molar refractivity (Wildman–Crippen MR) is 116 cm³/mol. The lowest BCUT2D eigenvalue weighted by molar-refractivity contribution is -0.125. The fourth-order valence-electron chi connectivity index (χ4n) is 4.53. The second-order valence-electron chi connectivity index (χ2n) is 8.31. The van der Waals surface area contributed by atoms with Gasteiger partial charge in [-0.1, -0.05) is 18.2 Å². The number of fused-ring (bicyclic) bond motifs is 3. The molecule has 0 bridgehead atoms. The van der Waals surface area contributed by atoms with Crippen molar-refractivity contribution in [2.45, 2.75) is 31.9 Å². The van der Waals surface area contributed by atoms with Crippen molar-refractivity contribution >= 4 is 22.5 Å². The van der Waals surface area contributed by atoms with Crippen molar-refractivity contribution in [3.8, 4) is 0 Å². The molecule has 1 aromatic rings. The molecule has 0 spiro atoms. The number of alkyl halides is 1. The zero-order valence-electron chi connectivity index (χ0n) is 17.2. The fraction of sp³-hybridized carbons (Fsp3) is 0.591. The van der Waals surface area contributed by atoms with E-state index in [9.17, 15) is 9.18 Å². The lowest BCUT2D eigenvalue weighted by Gasteiger charge is -2.27. The van der Waals surface area contributed by atoms with E-state index in [0.717, 1.165) is 80.4 Å². The average Bonchev–Trinajstić information content (AvgIpc) is 3.11. The molecule has 3 aliphatic rings. The number of nitrogens with one attached hydrogen (secondary N) is 3. The number of halogens is 2. The van der Waals surface area contributed by atoms with Crippen molar-refractivity contribution in [1.29, 1.82) is 0 Å². The van der Waals surface area contributed by atoms with E-state index in [0.29, 0.717) is 24.4 Å². The molecule has 2 unspecified atom stereocenters. The number of aromatic nitrogens is 1. The monoisotopic (exact) mass is 436 g/mol. The minimum absolute atomic E-state index is 0.0287. The molecule has 1 aliphatic heterocycles. The van der Waals surface area contributed by atoms with Crippen molar-refractivity contribution in [1.82, 2.24) is 20.5 Å². The van der Waals surface area contributed by atoms with Crippen LogP contribution in [0.25, 0.3) is 5.03 Å². The molecule has 2 heterocycles. The number of hydrogen-bond donors (Lipinski definition) is 3. The SMILES string of the molecule is C=C(CNC(=O)C1CCc2[nH]c3c(c2C1)CC(F)C=C3Cl)NCCN1CCOCC1. The van der Waals surface area contributed by atoms with E-state index >= 15 is 0 Å². The molecule has 4 rings (SSSR count). The normalized spacial score (nSPS) is 23.9. The van der Waals surface area contributed by atoms with Gasteiger partial charge in [-0.15, -0.1) is 0 Å². The Morgan fingerprint density at radius 2 is 2.10 bits per heavy atom. The highest BCUT2D eigenvalue weighted by Gasteiger charge is 2.32. The Morgan fingerprint density at radius 3 is 2.90 bits per heavy atom. The number of allylic oxidation sites excluding steroid dienone is 1. The van der Waals surface area contributed by atoms with Crippen molar-refractivity contribution in [3.05, 3.63) is 40.9 Å². The first-order valence-electron chi connectivity index (χ1n) is 10.7. The maximum Gasteiger partial charge on any atom is 0.223 e. The van der Waals surface area contributed by atoms with Crippen LogP contribution in [0.2, 0.25) is 0 Å². The summed E-state index contributed by atoms with van der Waals surface area (Å²) in [6.45, 7) is 9.67. The summed E-state index contributed by atoms with van der Waals surface area (Å²) in [7, 11) is 0. The number of nitrogens with zero attached hydrogens (tertiary/aromatic N) is 1. The largest absolute Gasteiger partial charge is 0.386 e. The first kappa shape index (κ1) is 21.4. The number of hydrogen-bond acceptors (Lipinski definition) is 4. The molecule has 2 atom stereocenters. The molecule has 30 heavy (non-hydrogen) atoms. The van der Waals surface area contributed by atoms with Crippen LogP contribution in [0.4, 0.5) is 4.39 Å². The minimum Gasteiger partial charge on any atom is -0.386 e. The number of carbonyl (C=O) groups excluding carboxylic acids is 1. The molecular weight excluding hydrogens is 407 g/mol. The zero-order valence-corrected chi connectivity index (χ0v) is 18.0. The number of ether oxygens (including phenoxy) is 1. The van der Waals surface area contributed by atoms with Gasteiger partial charge in [0.1, 0.15) is 6.17 Å². The van der Waals surface area contributed by atoms with E-state index in [1.165, 1.54) is 6.08 Å². The summed E-state index contributed by atoms with van der Waals surface area (Å²) < 4.78 is 19.3. The second-order valence-corrected chi connectivity index (χ2v) is 8.72. The third kappa shape index (κ3) is 4.90. The molecule has 1 amide bonds. The van der Waals surface area contributed by atoms with Crippen LogP contribution in [0.5, 0.6) is 0 Å². The zero-order chi connectivity index (χ0) is 21.1. The van der Waals surface area contributed by atoms with Gasteiger partial charge in [-0.2, -0.15) is 0 Å². The van der Waals surface area contributed by atoms with E-state index in [1.807, 2.05) is 0 Å². The smallest absolute Gasteiger partial charge is 0.223 e. The Kier molecular flexibility index (Phi) is 6.80. The summed E-state index contributed by atoms with van der Waals surface area (Å²) in [5.74, 6) is -0.0812. The van der Waals surface area contributed by atoms with Gasteiger partial charge in [0.25, 0.3) is 0 Å². The molecule has 8 heteroatoms. The van der Waals surface area contributed by atoms with Crippen LogP contribution in [0.3, 0.4) is 0 Å². The molecule has 1 saturated heterocycles. The molecule has 0 aromatic carbocycles. The molecule has 1 fully saturated rings. The Bertz CT molecular complexity index is 831. The van der Waals surface area contributed by atoms with Crippen molar-refractivity contribution in [2.75, 3.05) is 45.9 Å². The third-order valence-electron chi connectivity index (χ3n) is 6.22. The summed E-state index contributed by atoms with van der Waals surface area (Å²) in [6.07, 6.45) is 2.89. The van der Waals surface area contributed by atoms with Gasteiger partial charge >= 0.3 is 0 Å². The highest BCUT2D eigenvalue weighted by molar-refractivity contribution is 6.48. The summed E-state index contributed by atoms with van der Waals surface area (Å²) >= 11 is 6.22. The van der Waals surface area contributed by atoms with Crippen molar-refractivity contribution in [2.24, 2.45) is 5.92 Å². The maximum absolute atomic E-state index is 14.0. The summed E-state index contributed by atoms with van der Waals surface area (Å²) in [5.41, 5.74) is 4.75. The van der Waals surface area contributed by atoms with E-state index in [-0.39, 0.29) is 11.8 Å². The Hall–Kier alpha value is -1.83. The Balaban J connectivity index is 1.24. The fourth-order valence-corrected chi connectivity index (χ4v) is 4.82. The topological polar surface area (TPSA) is 69.4 Å². The van der Waals surface area contributed by atoms with E-state index in [4.69, 9.17) is 16.3 Å². The number of rotatable bonds is 7. The predicted octanol–water partition coefficient (Wildman–Crippen LogP) is 2.15. The Morgan fingerprint density at radius 1 is 1.30 bits per heavy atom. The van der Waals surface area contributed by atoms with Gasteiger partial charge < -0.3 is 20.4 Å². The summed E-state index contributed by atoms with van der Waals surface area (Å²) in [6, 6.07) is 0. The van der Waals surface area contributed by atoms with E-state index in [1.54, 1.807) is 0 Å². The van der Waals surface area contributed by atoms with Crippen LogP contribution < -0.4 is 10.6 Å². The molecule has 6 nitrogen and oxygen atoms in total. The highest BCUT2D eigenvalue weighted by Crippen LogP contribution is 2.38. The number of carbonyl (C=O) groups is 1. The van der Waals surface area contributed by atoms with E-state index in [2.05, 4.69) is 27.1 Å². The van der Waals surface area contributed by atoms with Crippen LogP contribution in [0, 0.1) is 5.92 Å². The van der Waals surface area contributed by atoms with Crippen molar-refractivity contribution in [3.63, 3.8) is 0 Å². The van der Waals surface area contributed by atoms with Gasteiger partial charge in [-0.3, -0.25) is 9.69 Å². The highest BCUT2D eigenvalue weighted by atomic mass is 35.5. The van der Waals surface area contributed by atoms with Gasteiger partial charge in [0.2, 0.25) is 5.91 Å². The van der Waals surface area contributed by atoms with Gasteiger partial charge in [0.15, 0.2) is 0 Å². The van der Waals surface area contributed by atoms with Crippen LogP contribution in [-0.4, -0.2) is 67.9 Å². The number of morpholine rings is 1. The summed E-state index contributed by atoms with van der Waals surface area (Å²) in [4.78, 5) is 18.4. The van der Waals surface area contributed by atoms with Crippen LogP contribution in [0.15, 0.2) is 18.4 Å². The molecule has 3 N–H and O–H groups in total. The van der Waals surface area contributed by atoms with Crippen molar-refractivity contribution < 1.29 is 13.9 Å². The molecule has 1 aromatic heterocycles.